The lowest BCUT2D eigenvalue weighted by Gasteiger charge is -2.43. The molecule has 0 bridgehead atoms. The van der Waals surface area contributed by atoms with Gasteiger partial charge in [0, 0.05) is 27.3 Å². The molecule has 222 valence electrons. The highest BCUT2D eigenvalue weighted by atomic mass is 79.9. The minimum atomic E-state index is -1.66. The van der Waals surface area contributed by atoms with Gasteiger partial charge >= 0.3 is 0 Å². The average Bonchev–Trinajstić information content (AvgIpc) is 3.44. The van der Waals surface area contributed by atoms with Gasteiger partial charge in [-0.2, -0.15) is 0 Å². The molecular weight excluding hydrogens is 655 g/mol. The first kappa shape index (κ1) is 30.3. The SMILES string of the molecule is OCC1O[C@H](Sc2cncc(Br)c2)[C@@H](OCc2cc(F)c(O)c(F)c2)C(n2cc(-c3cc(F)c(F)c(F)c3)nn2)[C@H]1O. The Morgan fingerprint density at radius 2 is 1.69 bits per heavy atom. The summed E-state index contributed by atoms with van der Waals surface area (Å²) >= 11 is 4.43. The highest BCUT2D eigenvalue weighted by Crippen LogP contribution is 2.41. The predicted octanol–water partition coefficient (Wildman–Crippen LogP) is 4.50. The number of phenols is 1. The number of aromatic hydroxyl groups is 1. The normalized spacial score (nSPS) is 22.4. The molecule has 1 fully saturated rings. The smallest absolute Gasteiger partial charge is 0.194 e. The van der Waals surface area contributed by atoms with Gasteiger partial charge in [0.05, 0.1) is 19.4 Å². The van der Waals surface area contributed by atoms with Crippen LogP contribution < -0.4 is 0 Å². The number of aliphatic hydroxyl groups excluding tert-OH is 2. The molecule has 3 heterocycles. The van der Waals surface area contributed by atoms with Gasteiger partial charge in [0.25, 0.3) is 0 Å². The van der Waals surface area contributed by atoms with Gasteiger partial charge in [-0.3, -0.25) is 4.98 Å². The van der Waals surface area contributed by atoms with Crippen molar-refractivity contribution in [3.63, 3.8) is 0 Å². The van der Waals surface area contributed by atoms with Gasteiger partial charge < -0.3 is 24.8 Å². The number of rotatable bonds is 8. The molecule has 5 atom stereocenters. The lowest BCUT2D eigenvalue weighted by Crippen LogP contribution is -2.55. The molecule has 1 saturated heterocycles. The van der Waals surface area contributed by atoms with Gasteiger partial charge in [-0.1, -0.05) is 17.0 Å². The Morgan fingerprint density at radius 3 is 2.33 bits per heavy atom. The molecular formula is C26H20BrF5N4O5S. The van der Waals surface area contributed by atoms with Crippen molar-refractivity contribution in [1.29, 1.82) is 0 Å². The monoisotopic (exact) mass is 674 g/mol. The molecule has 0 spiro atoms. The Bertz CT molecular complexity index is 1550. The quantitative estimate of drug-likeness (QED) is 0.183. The van der Waals surface area contributed by atoms with Crippen molar-refractivity contribution >= 4 is 27.7 Å². The van der Waals surface area contributed by atoms with Crippen LogP contribution in [0.2, 0.25) is 0 Å². The van der Waals surface area contributed by atoms with Crippen LogP contribution in [0.1, 0.15) is 11.6 Å². The maximum Gasteiger partial charge on any atom is 0.194 e. The van der Waals surface area contributed by atoms with E-state index in [-0.39, 0.29) is 16.8 Å². The maximum absolute atomic E-state index is 14.0. The molecule has 0 amide bonds. The second-order valence-electron chi connectivity index (χ2n) is 9.18. The first-order chi connectivity index (χ1) is 20.0. The van der Waals surface area contributed by atoms with Crippen LogP contribution in [0.15, 0.2) is 58.3 Å². The molecule has 9 nitrogen and oxygen atoms in total. The Morgan fingerprint density at radius 1 is 1.00 bits per heavy atom. The van der Waals surface area contributed by atoms with Gasteiger partial charge in [0.2, 0.25) is 0 Å². The molecule has 1 aliphatic heterocycles. The molecule has 0 aliphatic carbocycles. The standard InChI is InChI=1S/C26H20BrF5N4O5S/c27-13-5-14(7-33-6-13)42-26-25(40-10-11-1-17(30)23(38)18(31)2-11)22(24(39)20(9-37)41-26)36-8-19(34-35-36)12-3-15(28)21(32)16(29)4-12/h1-8,20,22,24-26,37-39H,9-10H2/t20?,22?,24-,25-,26+/m0/s1. The van der Waals surface area contributed by atoms with Crippen molar-refractivity contribution in [1.82, 2.24) is 20.0 Å². The van der Waals surface area contributed by atoms with Crippen LogP contribution in [-0.4, -0.2) is 65.7 Å². The van der Waals surface area contributed by atoms with Gasteiger partial charge in [-0.05, 0) is 51.8 Å². The van der Waals surface area contributed by atoms with Crippen LogP contribution in [0.5, 0.6) is 5.75 Å². The third-order valence-corrected chi connectivity index (χ3v) is 7.91. The van der Waals surface area contributed by atoms with Crippen molar-refractivity contribution in [3.05, 3.63) is 88.0 Å². The molecule has 5 rings (SSSR count). The zero-order valence-corrected chi connectivity index (χ0v) is 23.4. The van der Waals surface area contributed by atoms with Gasteiger partial charge in [-0.15, -0.1) is 5.10 Å². The molecule has 0 saturated carbocycles. The number of hydrogen-bond acceptors (Lipinski definition) is 9. The van der Waals surface area contributed by atoms with Gasteiger partial charge in [-0.25, -0.2) is 26.6 Å². The second-order valence-corrected chi connectivity index (χ2v) is 11.3. The summed E-state index contributed by atoms with van der Waals surface area (Å²) in [7, 11) is 0. The topological polar surface area (TPSA) is 123 Å². The van der Waals surface area contributed by atoms with Gasteiger partial charge in [0.15, 0.2) is 34.8 Å². The highest BCUT2D eigenvalue weighted by Gasteiger charge is 2.48. The van der Waals surface area contributed by atoms with Crippen LogP contribution in [0.4, 0.5) is 22.0 Å². The van der Waals surface area contributed by atoms with E-state index in [0.717, 1.165) is 40.7 Å². The second kappa shape index (κ2) is 12.6. The van der Waals surface area contributed by atoms with Crippen LogP contribution in [0.25, 0.3) is 11.3 Å². The number of phenolic OH excluding ortho intramolecular Hbond substituents is 1. The molecule has 2 aromatic carbocycles. The molecule has 3 N–H and O–H groups in total. The number of nitrogens with zero attached hydrogens (tertiary/aromatic N) is 4. The van der Waals surface area contributed by atoms with Crippen LogP contribution in [-0.2, 0) is 16.1 Å². The van der Waals surface area contributed by atoms with E-state index < -0.39 is 77.8 Å². The summed E-state index contributed by atoms with van der Waals surface area (Å²) in [4.78, 5) is 4.69. The largest absolute Gasteiger partial charge is 0.503 e. The number of hydrogen-bond donors (Lipinski definition) is 3. The number of pyridine rings is 1. The summed E-state index contributed by atoms with van der Waals surface area (Å²) in [6.45, 7) is -1.04. The highest BCUT2D eigenvalue weighted by molar-refractivity contribution is 9.10. The molecule has 2 unspecified atom stereocenters. The number of thioether (sulfide) groups is 1. The fourth-order valence-electron chi connectivity index (χ4n) is 4.38. The number of benzene rings is 2. The predicted molar refractivity (Wildman–Crippen MR) is 141 cm³/mol. The first-order valence-corrected chi connectivity index (χ1v) is 13.8. The van der Waals surface area contributed by atoms with E-state index in [1.54, 1.807) is 12.3 Å². The van der Waals surface area contributed by atoms with Crippen molar-refractivity contribution in [3.8, 4) is 17.0 Å². The Balaban J connectivity index is 1.53. The van der Waals surface area contributed by atoms with E-state index >= 15 is 0 Å². The Kier molecular flexibility index (Phi) is 9.10. The minimum Gasteiger partial charge on any atom is -0.503 e. The summed E-state index contributed by atoms with van der Waals surface area (Å²) in [6.07, 6.45) is 0.516. The molecule has 0 radical (unpaired) electrons. The fourth-order valence-corrected chi connectivity index (χ4v) is 6.05. The third kappa shape index (κ3) is 6.28. The lowest BCUT2D eigenvalue weighted by atomic mass is 9.97. The van der Waals surface area contributed by atoms with E-state index in [4.69, 9.17) is 9.47 Å². The van der Waals surface area contributed by atoms with Crippen molar-refractivity contribution in [2.45, 2.75) is 41.3 Å². The molecule has 1 aliphatic rings. The van der Waals surface area contributed by atoms with E-state index in [1.807, 2.05) is 0 Å². The zero-order valence-electron chi connectivity index (χ0n) is 21.0. The summed E-state index contributed by atoms with van der Waals surface area (Å²) in [6, 6.07) is 3.75. The van der Waals surface area contributed by atoms with E-state index in [9.17, 15) is 37.3 Å². The number of aliphatic hydroxyl groups is 2. The molecule has 16 heteroatoms. The van der Waals surface area contributed by atoms with E-state index in [0.29, 0.717) is 9.37 Å². The van der Waals surface area contributed by atoms with Crippen LogP contribution in [0, 0.1) is 29.1 Å². The van der Waals surface area contributed by atoms with Crippen LogP contribution >= 0.6 is 27.7 Å². The molecule has 4 aromatic rings. The number of aromatic nitrogens is 4. The summed E-state index contributed by atoms with van der Waals surface area (Å²) in [5.74, 6) is -8.13. The molecule has 2 aromatic heterocycles. The van der Waals surface area contributed by atoms with Gasteiger partial charge in [0.1, 0.15) is 35.5 Å². The Hall–Kier alpha value is -3.15. The number of halogens is 6. The zero-order chi connectivity index (χ0) is 30.1. The van der Waals surface area contributed by atoms with Crippen molar-refractivity contribution in [2.75, 3.05) is 6.61 Å². The van der Waals surface area contributed by atoms with Crippen molar-refractivity contribution < 1.29 is 46.7 Å². The number of ether oxygens (including phenoxy) is 2. The fraction of sp³-hybridized carbons (Fsp3) is 0.269. The summed E-state index contributed by atoms with van der Waals surface area (Å²) in [5, 5.41) is 38.5. The summed E-state index contributed by atoms with van der Waals surface area (Å²) in [5.41, 5.74) is -1.19. The minimum absolute atomic E-state index is 0.00438. The van der Waals surface area contributed by atoms with Crippen molar-refractivity contribution in [2.24, 2.45) is 0 Å². The Labute approximate surface area is 247 Å². The molecule has 42 heavy (non-hydrogen) atoms. The first-order valence-electron chi connectivity index (χ1n) is 12.1. The van der Waals surface area contributed by atoms with E-state index in [1.165, 1.54) is 12.4 Å². The average molecular weight is 675 g/mol. The maximum atomic E-state index is 14.0. The lowest BCUT2D eigenvalue weighted by molar-refractivity contribution is -0.196. The van der Waals surface area contributed by atoms with E-state index in [2.05, 4.69) is 31.2 Å². The third-order valence-electron chi connectivity index (χ3n) is 6.37. The summed E-state index contributed by atoms with van der Waals surface area (Å²) < 4.78 is 83.0. The van der Waals surface area contributed by atoms with Crippen LogP contribution in [0.3, 0.4) is 0 Å².